The molecule has 0 bridgehead atoms. The standard InChI is InChI=1S/C8H13BrN4O/c1-2-14-4-3-11-7-6(9)5-12-8(10)13-7/h5H,2-4H2,1H3,(H3,10,11,12,13). The molecule has 0 aliphatic heterocycles. The van der Waals surface area contributed by atoms with Crippen LogP contribution in [0.5, 0.6) is 0 Å². The van der Waals surface area contributed by atoms with Crippen molar-refractivity contribution in [2.75, 3.05) is 30.8 Å². The Kier molecular flexibility index (Phi) is 4.61. The molecule has 0 saturated heterocycles. The summed E-state index contributed by atoms with van der Waals surface area (Å²) in [6.07, 6.45) is 1.62. The first-order chi connectivity index (χ1) is 6.74. The van der Waals surface area contributed by atoms with Crippen LogP contribution in [0.25, 0.3) is 0 Å². The average Bonchev–Trinajstić information content (AvgIpc) is 2.18. The lowest BCUT2D eigenvalue weighted by Gasteiger charge is -2.07. The Labute approximate surface area is 91.2 Å². The monoisotopic (exact) mass is 260 g/mol. The number of hydrogen-bond acceptors (Lipinski definition) is 5. The molecule has 1 aromatic heterocycles. The Hall–Kier alpha value is -0.880. The van der Waals surface area contributed by atoms with E-state index in [1.54, 1.807) is 6.20 Å². The zero-order valence-corrected chi connectivity index (χ0v) is 9.54. The summed E-state index contributed by atoms with van der Waals surface area (Å²) in [5, 5.41) is 3.09. The fourth-order valence-electron chi connectivity index (χ4n) is 0.891. The van der Waals surface area contributed by atoms with Crippen molar-refractivity contribution < 1.29 is 4.74 Å². The van der Waals surface area contributed by atoms with E-state index in [1.165, 1.54) is 0 Å². The molecule has 1 rings (SSSR count). The van der Waals surface area contributed by atoms with Gasteiger partial charge >= 0.3 is 0 Å². The second-order valence-corrected chi connectivity index (χ2v) is 3.40. The van der Waals surface area contributed by atoms with Gasteiger partial charge in [-0.25, -0.2) is 4.98 Å². The van der Waals surface area contributed by atoms with E-state index >= 15 is 0 Å². The molecule has 0 radical (unpaired) electrons. The first-order valence-corrected chi connectivity index (χ1v) is 5.13. The molecule has 0 unspecified atom stereocenters. The molecule has 5 nitrogen and oxygen atoms in total. The quantitative estimate of drug-likeness (QED) is 0.781. The summed E-state index contributed by atoms with van der Waals surface area (Å²) < 4.78 is 5.97. The lowest BCUT2D eigenvalue weighted by Crippen LogP contribution is -2.11. The van der Waals surface area contributed by atoms with Gasteiger partial charge in [0.25, 0.3) is 0 Å². The zero-order valence-electron chi connectivity index (χ0n) is 7.96. The molecule has 1 aromatic rings. The van der Waals surface area contributed by atoms with E-state index < -0.39 is 0 Å². The number of nitrogens with two attached hydrogens (primary N) is 1. The van der Waals surface area contributed by atoms with Crippen LogP contribution in [0.3, 0.4) is 0 Å². The Morgan fingerprint density at radius 3 is 3.14 bits per heavy atom. The molecule has 1 heterocycles. The minimum absolute atomic E-state index is 0.257. The molecular weight excluding hydrogens is 248 g/mol. The molecule has 0 atom stereocenters. The average molecular weight is 261 g/mol. The highest BCUT2D eigenvalue weighted by molar-refractivity contribution is 9.10. The van der Waals surface area contributed by atoms with Crippen LogP contribution in [0.1, 0.15) is 6.92 Å². The van der Waals surface area contributed by atoms with E-state index in [9.17, 15) is 0 Å². The second-order valence-electron chi connectivity index (χ2n) is 2.55. The highest BCUT2D eigenvalue weighted by Gasteiger charge is 2.01. The zero-order chi connectivity index (χ0) is 10.4. The highest BCUT2D eigenvalue weighted by Crippen LogP contribution is 2.18. The lowest BCUT2D eigenvalue weighted by molar-refractivity contribution is 0.158. The number of nitrogens with one attached hydrogen (secondary N) is 1. The van der Waals surface area contributed by atoms with Crippen LogP contribution in [0.15, 0.2) is 10.7 Å². The summed E-state index contributed by atoms with van der Waals surface area (Å²) in [6, 6.07) is 0. The summed E-state index contributed by atoms with van der Waals surface area (Å²) in [5.74, 6) is 0.948. The number of aromatic nitrogens is 2. The highest BCUT2D eigenvalue weighted by atomic mass is 79.9. The van der Waals surface area contributed by atoms with Gasteiger partial charge in [-0.1, -0.05) is 0 Å². The third-order valence-electron chi connectivity index (χ3n) is 1.51. The van der Waals surface area contributed by atoms with Crippen LogP contribution in [0, 0.1) is 0 Å². The first-order valence-electron chi connectivity index (χ1n) is 4.33. The van der Waals surface area contributed by atoms with Crippen LogP contribution in [0.2, 0.25) is 0 Å². The first kappa shape index (κ1) is 11.2. The van der Waals surface area contributed by atoms with Crippen molar-refractivity contribution in [2.24, 2.45) is 0 Å². The summed E-state index contributed by atoms with van der Waals surface area (Å²) in [6.45, 7) is 4.02. The van der Waals surface area contributed by atoms with Crippen molar-refractivity contribution in [3.63, 3.8) is 0 Å². The van der Waals surface area contributed by atoms with E-state index in [4.69, 9.17) is 10.5 Å². The number of anilines is 2. The molecule has 0 saturated carbocycles. The number of ether oxygens (including phenoxy) is 1. The Morgan fingerprint density at radius 1 is 1.64 bits per heavy atom. The van der Waals surface area contributed by atoms with Crippen molar-refractivity contribution >= 4 is 27.7 Å². The minimum Gasteiger partial charge on any atom is -0.380 e. The van der Waals surface area contributed by atoms with Crippen molar-refractivity contribution in [1.29, 1.82) is 0 Å². The van der Waals surface area contributed by atoms with Crippen molar-refractivity contribution in [3.8, 4) is 0 Å². The van der Waals surface area contributed by atoms with Gasteiger partial charge in [0.05, 0.1) is 11.1 Å². The maximum atomic E-state index is 5.44. The summed E-state index contributed by atoms with van der Waals surface area (Å²) in [4.78, 5) is 7.86. The van der Waals surface area contributed by atoms with E-state index in [2.05, 4.69) is 31.2 Å². The van der Waals surface area contributed by atoms with Gasteiger partial charge in [0, 0.05) is 19.3 Å². The molecular formula is C8H13BrN4O. The fraction of sp³-hybridized carbons (Fsp3) is 0.500. The van der Waals surface area contributed by atoms with Gasteiger partial charge < -0.3 is 15.8 Å². The van der Waals surface area contributed by atoms with Crippen LogP contribution >= 0.6 is 15.9 Å². The van der Waals surface area contributed by atoms with E-state index in [1.807, 2.05) is 6.92 Å². The number of rotatable bonds is 5. The summed E-state index contributed by atoms with van der Waals surface area (Å²) >= 11 is 3.32. The maximum absolute atomic E-state index is 5.44. The van der Waals surface area contributed by atoms with Crippen LogP contribution in [-0.4, -0.2) is 29.7 Å². The van der Waals surface area contributed by atoms with Crippen LogP contribution in [0.4, 0.5) is 11.8 Å². The largest absolute Gasteiger partial charge is 0.380 e. The van der Waals surface area contributed by atoms with Crippen LogP contribution < -0.4 is 11.1 Å². The maximum Gasteiger partial charge on any atom is 0.221 e. The van der Waals surface area contributed by atoms with E-state index in [-0.39, 0.29) is 5.95 Å². The number of halogens is 1. The molecule has 0 aromatic carbocycles. The van der Waals surface area contributed by atoms with Crippen molar-refractivity contribution in [3.05, 3.63) is 10.7 Å². The molecule has 78 valence electrons. The molecule has 3 N–H and O–H groups in total. The van der Waals surface area contributed by atoms with Gasteiger partial charge in [0.15, 0.2) is 0 Å². The second kappa shape index (κ2) is 5.77. The molecule has 0 aliphatic carbocycles. The molecule has 14 heavy (non-hydrogen) atoms. The van der Waals surface area contributed by atoms with Crippen molar-refractivity contribution in [1.82, 2.24) is 9.97 Å². The molecule has 6 heteroatoms. The van der Waals surface area contributed by atoms with Gasteiger partial charge in [-0.05, 0) is 22.9 Å². The third-order valence-corrected chi connectivity index (χ3v) is 2.09. The number of nitrogens with zero attached hydrogens (tertiary/aromatic N) is 2. The van der Waals surface area contributed by atoms with Gasteiger partial charge in [-0.2, -0.15) is 4.98 Å². The smallest absolute Gasteiger partial charge is 0.221 e. The van der Waals surface area contributed by atoms with Gasteiger partial charge in [-0.15, -0.1) is 0 Å². The summed E-state index contributed by atoms with van der Waals surface area (Å²) in [5.41, 5.74) is 5.44. The van der Waals surface area contributed by atoms with E-state index in [0.717, 1.165) is 11.1 Å². The minimum atomic E-state index is 0.257. The summed E-state index contributed by atoms with van der Waals surface area (Å²) in [7, 11) is 0. The molecule has 0 fully saturated rings. The lowest BCUT2D eigenvalue weighted by atomic mass is 10.5. The SMILES string of the molecule is CCOCCNc1nc(N)ncc1Br. The molecule has 0 aliphatic rings. The predicted octanol–water partition coefficient (Wildman–Crippen LogP) is 1.27. The fourth-order valence-corrected chi connectivity index (χ4v) is 1.22. The number of hydrogen-bond donors (Lipinski definition) is 2. The Morgan fingerprint density at radius 2 is 2.43 bits per heavy atom. The molecule has 0 amide bonds. The number of nitrogen functional groups attached to an aromatic ring is 1. The topological polar surface area (TPSA) is 73.1 Å². The van der Waals surface area contributed by atoms with Crippen molar-refractivity contribution in [2.45, 2.75) is 6.92 Å². The molecule has 0 spiro atoms. The van der Waals surface area contributed by atoms with Gasteiger partial charge in [0.2, 0.25) is 5.95 Å². The Bertz CT molecular complexity index is 295. The van der Waals surface area contributed by atoms with Gasteiger partial charge in [0.1, 0.15) is 5.82 Å². The van der Waals surface area contributed by atoms with Gasteiger partial charge in [-0.3, -0.25) is 0 Å². The Balaban J connectivity index is 2.45. The van der Waals surface area contributed by atoms with E-state index in [0.29, 0.717) is 19.0 Å². The normalized spacial score (nSPS) is 10.1. The third kappa shape index (κ3) is 3.47. The predicted molar refractivity (Wildman–Crippen MR) is 59.1 cm³/mol. The van der Waals surface area contributed by atoms with Crippen LogP contribution in [-0.2, 0) is 4.74 Å².